The number of fused-ring (bicyclic) bond motifs is 3. The average molecular weight is 465 g/mol. The van der Waals surface area contributed by atoms with Gasteiger partial charge in [0.05, 0.1) is 25.4 Å². The Morgan fingerprint density at radius 1 is 0.971 bits per heavy atom. The van der Waals surface area contributed by atoms with Crippen LogP contribution in [0.25, 0.3) is 11.1 Å². The molecule has 1 amide bonds. The van der Waals surface area contributed by atoms with Gasteiger partial charge in [0.15, 0.2) is 0 Å². The van der Waals surface area contributed by atoms with Crippen LogP contribution in [0.4, 0.5) is 0 Å². The maximum absolute atomic E-state index is 13.2. The zero-order valence-electron chi connectivity index (χ0n) is 19.9. The molecule has 3 N–H and O–H groups in total. The summed E-state index contributed by atoms with van der Waals surface area (Å²) < 4.78 is 4.73. The van der Waals surface area contributed by atoms with Crippen molar-refractivity contribution in [2.75, 3.05) is 7.11 Å². The molecule has 1 aliphatic rings. The summed E-state index contributed by atoms with van der Waals surface area (Å²) in [5.74, 6) is -3.17. The van der Waals surface area contributed by atoms with Gasteiger partial charge >= 0.3 is 13.1 Å². The molecule has 0 heterocycles. The molecule has 8 heteroatoms. The second-order valence-electron chi connectivity index (χ2n) is 9.31. The lowest BCUT2D eigenvalue weighted by Gasteiger charge is -2.23. The molecule has 0 bridgehead atoms. The van der Waals surface area contributed by atoms with Crippen molar-refractivity contribution in [1.82, 2.24) is 5.32 Å². The molecule has 180 valence electrons. The maximum Gasteiger partial charge on any atom is 0.475 e. The van der Waals surface area contributed by atoms with Crippen molar-refractivity contribution in [3.63, 3.8) is 0 Å². The van der Waals surface area contributed by atoms with Gasteiger partial charge < -0.3 is 20.1 Å². The number of methoxy groups -OCH3 is 1. The Balaban J connectivity index is 1.76. The number of carbonyl (C=O) groups is 3. The van der Waals surface area contributed by atoms with E-state index in [2.05, 4.69) is 5.32 Å². The minimum atomic E-state index is -1.74. The van der Waals surface area contributed by atoms with Crippen LogP contribution in [0.15, 0.2) is 48.5 Å². The maximum atomic E-state index is 13.2. The number of rotatable bonds is 11. The molecule has 0 aromatic heterocycles. The number of benzene rings is 2. The number of carbonyl (C=O) groups excluding carboxylic acids is 3. The van der Waals surface area contributed by atoms with Gasteiger partial charge in [-0.25, -0.2) is 0 Å². The fourth-order valence-corrected chi connectivity index (χ4v) is 4.67. The molecular weight excluding hydrogens is 433 g/mol. The highest BCUT2D eigenvalue weighted by atomic mass is 16.5. The van der Waals surface area contributed by atoms with Crippen LogP contribution in [-0.2, 0) is 19.1 Å². The molecule has 2 atom stereocenters. The Morgan fingerprint density at radius 2 is 1.53 bits per heavy atom. The third kappa shape index (κ3) is 6.13. The van der Waals surface area contributed by atoms with Gasteiger partial charge in [0.25, 0.3) is 0 Å². The molecular formula is C26H32BNO6. The summed E-state index contributed by atoms with van der Waals surface area (Å²) in [5, 5.41) is 21.9. The normalized spacial score (nSPS) is 14.2. The number of hydrogen-bond acceptors (Lipinski definition) is 6. The van der Waals surface area contributed by atoms with Crippen LogP contribution in [0.3, 0.4) is 0 Å². The lowest BCUT2D eigenvalue weighted by atomic mass is 9.74. The Labute approximate surface area is 200 Å². The zero-order valence-corrected chi connectivity index (χ0v) is 19.9. The van der Waals surface area contributed by atoms with E-state index in [0.29, 0.717) is 6.42 Å². The second-order valence-corrected chi connectivity index (χ2v) is 9.31. The summed E-state index contributed by atoms with van der Waals surface area (Å²) in [6.45, 7) is 3.79. The van der Waals surface area contributed by atoms with Gasteiger partial charge in [-0.3, -0.25) is 14.4 Å². The standard InChI is InChI=1S/C26H32BNO6/c1-16(2)12-24(27(32)33)28-26(31)17(14-25(30)34-3)13-18(29)15-23-21-10-6-4-8-19(21)20-9-5-7-11-22(20)23/h4-11,16-17,23-24,32-33H,12-15H2,1-3H3,(H,28,31)/t17-,24-/m0/s1. The van der Waals surface area contributed by atoms with Crippen molar-refractivity contribution in [3.05, 3.63) is 59.7 Å². The summed E-state index contributed by atoms with van der Waals surface area (Å²) in [5.41, 5.74) is 4.36. The highest BCUT2D eigenvalue weighted by Gasteiger charge is 2.34. The van der Waals surface area contributed by atoms with Crippen LogP contribution in [0.2, 0.25) is 0 Å². The van der Waals surface area contributed by atoms with Crippen LogP contribution in [0, 0.1) is 11.8 Å². The van der Waals surface area contributed by atoms with Crippen LogP contribution in [-0.4, -0.2) is 47.9 Å². The van der Waals surface area contributed by atoms with Gasteiger partial charge in [-0.05, 0) is 34.6 Å². The van der Waals surface area contributed by atoms with Gasteiger partial charge in [0, 0.05) is 18.8 Å². The van der Waals surface area contributed by atoms with Crippen molar-refractivity contribution < 1.29 is 29.2 Å². The predicted molar refractivity (Wildman–Crippen MR) is 130 cm³/mol. The third-order valence-electron chi connectivity index (χ3n) is 6.29. The molecule has 34 heavy (non-hydrogen) atoms. The number of amides is 1. The average Bonchev–Trinajstić information content (AvgIpc) is 3.11. The van der Waals surface area contributed by atoms with Gasteiger partial charge in [0.1, 0.15) is 5.78 Å². The van der Waals surface area contributed by atoms with Crippen LogP contribution in [0.1, 0.15) is 56.6 Å². The fourth-order valence-electron chi connectivity index (χ4n) is 4.67. The van der Waals surface area contributed by atoms with E-state index in [4.69, 9.17) is 4.74 Å². The Kier molecular flexibility index (Phi) is 8.64. The van der Waals surface area contributed by atoms with Crippen molar-refractivity contribution in [2.45, 2.75) is 51.4 Å². The second kappa shape index (κ2) is 11.4. The molecule has 7 nitrogen and oxygen atoms in total. The molecule has 2 aromatic rings. The van der Waals surface area contributed by atoms with E-state index in [-0.39, 0.29) is 36.9 Å². The van der Waals surface area contributed by atoms with Crippen molar-refractivity contribution in [3.8, 4) is 11.1 Å². The van der Waals surface area contributed by atoms with E-state index in [1.165, 1.54) is 7.11 Å². The number of hydrogen-bond donors (Lipinski definition) is 3. The zero-order chi connectivity index (χ0) is 24.8. The third-order valence-corrected chi connectivity index (χ3v) is 6.29. The highest BCUT2D eigenvalue weighted by Crippen LogP contribution is 2.46. The number of ketones is 1. The van der Waals surface area contributed by atoms with Crippen LogP contribution < -0.4 is 5.32 Å². The number of nitrogens with one attached hydrogen (secondary N) is 1. The van der Waals surface area contributed by atoms with Crippen LogP contribution in [0.5, 0.6) is 0 Å². The molecule has 0 aliphatic heterocycles. The number of Topliss-reactive ketones (excluding diaryl/α,β-unsaturated/α-hetero) is 1. The first kappa shape index (κ1) is 25.7. The lowest BCUT2D eigenvalue weighted by Crippen LogP contribution is -2.49. The minimum absolute atomic E-state index is 0.107. The summed E-state index contributed by atoms with van der Waals surface area (Å²) in [7, 11) is -0.516. The molecule has 0 unspecified atom stereocenters. The first-order chi connectivity index (χ1) is 16.2. The Bertz CT molecular complexity index is 992. The van der Waals surface area contributed by atoms with Gasteiger partial charge in [-0.15, -0.1) is 0 Å². The Hall–Kier alpha value is -2.97. The summed E-state index contributed by atoms with van der Waals surface area (Å²) >= 11 is 0. The molecule has 0 fully saturated rings. The van der Waals surface area contributed by atoms with E-state index in [1.54, 1.807) is 0 Å². The number of ether oxygens (including phenoxy) is 1. The van der Waals surface area contributed by atoms with Gasteiger partial charge in [-0.1, -0.05) is 62.4 Å². The van der Waals surface area contributed by atoms with Crippen molar-refractivity contribution >= 4 is 24.8 Å². The quantitative estimate of drug-likeness (QED) is 0.348. The summed E-state index contributed by atoms with van der Waals surface area (Å²) in [6, 6.07) is 16.0. The topological polar surface area (TPSA) is 113 Å². The SMILES string of the molecule is COC(=O)C[C@H](CC(=O)CC1c2ccccc2-c2ccccc21)C(=O)N[C@@H](CC(C)C)B(O)O. The van der Waals surface area contributed by atoms with E-state index >= 15 is 0 Å². The molecule has 3 rings (SSSR count). The van der Waals surface area contributed by atoms with Gasteiger partial charge in [0.2, 0.25) is 5.91 Å². The first-order valence-corrected chi connectivity index (χ1v) is 11.6. The van der Waals surface area contributed by atoms with Crippen molar-refractivity contribution in [2.24, 2.45) is 11.8 Å². The van der Waals surface area contributed by atoms with Crippen LogP contribution >= 0.6 is 0 Å². The van der Waals surface area contributed by atoms with Gasteiger partial charge in [-0.2, -0.15) is 0 Å². The lowest BCUT2D eigenvalue weighted by molar-refractivity contribution is -0.144. The van der Waals surface area contributed by atoms with E-state index in [0.717, 1.165) is 22.3 Å². The van der Waals surface area contributed by atoms with E-state index in [1.807, 2.05) is 62.4 Å². The molecule has 1 aliphatic carbocycles. The molecule has 0 saturated carbocycles. The summed E-state index contributed by atoms with van der Waals surface area (Å²) in [4.78, 5) is 38.1. The molecule has 0 radical (unpaired) electrons. The molecule has 0 saturated heterocycles. The fraction of sp³-hybridized carbons (Fsp3) is 0.423. The minimum Gasteiger partial charge on any atom is -0.469 e. The largest absolute Gasteiger partial charge is 0.475 e. The smallest absolute Gasteiger partial charge is 0.469 e. The Morgan fingerprint density at radius 3 is 2.03 bits per heavy atom. The molecule has 2 aromatic carbocycles. The molecule has 0 spiro atoms. The van der Waals surface area contributed by atoms with Crippen molar-refractivity contribution in [1.29, 1.82) is 0 Å². The number of esters is 1. The highest BCUT2D eigenvalue weighted by molar-refractivity contribution is 6.43. The monoisotopic (exact) mass is 465 g/mol. The summed E-state index contributed by atoms with van der Waals surface area (Å²) in [6.07, 6.45) is 0.147. The predicted octanol–water partition coefficient (Wildman–Crippen LogP) is 2.87. The van der Waals surface area contributed by atoms with E-state index in [9.17, 15) is 24.4 Å². The first-order valence-electron chi connectivity index (χ1n) is 11.6. The van der Waals surface area contributed by atoms with E-state index < -0.39 is 30.9 Å².